The Balaban J connectivity index is 1.84. The predicted octanol–water partition coefficient (Wildman–Crippen LogP) is 1.55. The van der Waals surface area contributed by atoms with Gasteiger partial charge in [0.05, 0.1) is 19.8 Å². The number of carbonyl (C=O) groups excluding carboxylic acids is 2. The summed E-state index contributed by atoms with van der Waals surface area (Å²) < 4.78 is 11.7. The van der Waals surface area contributed by atoms with E-state index in [9.17, 15) is 9.59 Å². The summed E-state index contributed by atoms with van der Waals surface area (Å²) in [6.07, 6.45) is 1.56. The smallest absolute Gasteiger partial charge is 0.358 e. The zero-order valence-corrected chi connectivity index (χ0v) is 12.9. The van der Waals surface area contributed by atoms with Crippen LogP contribution in [-0.4, -0.2) is 35.1 Å². The molecule has 0 aliphatic carbocycles. The largest absolute Gasteiger partial charge is 0.497 e. The van der Waals surface area contributed by atoms with Crippen molar-refractivity contribution in [2.45, 2.75) is 19.5 Å². The molecule has 0 fully saturated rings. The fraction of sp³-hybridized carbons (Fsp3) is 0.312. The maximum Gasteiger partial charge on any atom is 0.358 e. The van der Waals surface area contributed by atoms with Crippen LogP contribution in [0.1, 0.15) is 39.6 Å². The number of carbonyl (C=O) groups is 2. The lowest BCUT2D eigenvalue weighted by atomic mass is 10.1. The second kappa shape index (κ2) is 6.12. The second-order valence-corrected chi connectivity index (χ2v) is 5.12. The van der Waals surface area contributed by atoms with Crippen LogP contribution in [0.3, 0.4) is 0 Å². The van der Waals surface area contributed by atoms with Crippen LogP contribution in [0.25, 0.3) is 0 Å². The molecule has 1 atom stereocenters. The molecule has 2 heterocycles. The third-order valence-electron chi connectivity index (χ3n) is 3.67. The van der Waals surface area contributed by atoms with Crippen LogP contribution in [-0.2, 0) is 11.3 Å². The number of hydrogen-bond acceptors (Lipinski definition) is 5. The van der Waals surface area contributed by atoms with Gasteiger partial charge in [-0.2, -0.15) is 0 Å². The first-order valence-corrected chi connectivity index (χ1v) is 7.31. The Morgan fingerprint density at radius 2 is 2.13 bits per heavy atom. The zero-order valence-electron chi connectivity index (χ0n) is 12.9. The summed E-state index contributed by atoms with van der Waals surface area (Å²) in [4.78, 5) is 28.0. The number of rotatable bonds is 4. The lowest BCUT2D eigenvalue weighted by molar-refractivity contribution is 0.0520. The van der Waals surface area contributed by atoms with Crippen molar-refractivity contribution < 1.29 is 19.1 Å². The van der Waals surface area contributed by atoms with Crippen LogP contribution in [0.15, 0.2) is 30.5 Å². The molecule has 0 saturated heterocycles. The van der Waals surface area contributed by atoms with Gasteiger partial charge in [-0.25, -0.2) is 9.78 Å². The lowest BCUT2D eigenvalue weighted by Crippen LogP contribution is -2.38. The Kier molecular flexibility index (Phi) is 4.01. The first-order chi connectivity index (χ1) is 11.1. The third kappa shape index (κ3) is 2.90. The molecule has 1 aliphatic rings. The van der Waals surface area contributed by atoms with Gasteiger partial charge in [-0.1, -0.05) is 12.1 Å². The molecule has 1 amide bonds. The van der Waals surface area contributed by atoms with Crippen molar-refractivity contribution in [3.8, 4) is 5.75 Å². The Bertz CT molecular complexity index is 736. The minimum atomic E-state index is -0.525. The summed E-state index contributed by atoms with van der Waals surface area (Å²) in [6.45, 7) is 2.49. The summed E-state index contributed by atoms with van der Waals surface area (Å²) in [5, 5.41) is 2.90. The predicted molar refractivity (Wildman–Crippen MR) is 81.4 cm³/mol. The average Bonchev–Trinajstić information content (AvgIpc) is 3.00. The number of benzene rings is 1. The minimum Gasteiger partial charge on any atom is -0.497 e. The van der Waals surface area contributed by atoms with Crippen molar-refractivity contribution in [1.29, 1.82) is 0 Å². The maximum absolute atomic E-state index is 12.2. The van der Waals surface area contributed by atoms with Crippen molar-refractivity contribution >= 4 is 11.9 Å². The molecule has 0 saturated carbocycles. The van der Waals surface area contributed by atoms with E-state index in [2.05, 4.69) is 10.3 Å². The normalized spacial score (nSPS) is 16.4. The second-order valence-electron chi connectivity index (χ2n) is 5.12. The lowest BCUT2D eigenvalue weighted by Gasteiger charge is -2.25. The highest BCUT2D eigenvalue weighted by atomic mass is 16.5. The van der Waals surface area contributed by atoms with Gasteiger partial charge >= 0.3 is 5.97 Å². The van der Waals surface area contributed by atoms with Gasteiger partial charge in [0.1, 0.15) is 5.75 Å². The number of methoxy groups -OCH3 is 1. The summed E-state index contributed by atoms with van der Waals surface area (Å²) >= 11 is 0. The van der Waals surface area contributed by atoms with Crippen LogP contribution < -0.4 is 10.1 Å². The molecule has 1 N–H and O–H groups in total. The van der Waals surface area contributed by atoms with Crippen molar-refractivity contribution in [2.24, 2.45) is 0 Å². The molecule has 23 heavy (non-hydrogen) atoms. The van der Waals surface area contributed by atoms with E-state index in [-0.39, 0.29) is 30.1 Å². The van der Waals surface area contributed by atoms with Crippen LogP contribution >= 0.6 is 0 Å². The molecule has 7 heteroatoms. The van der Waals surface area contributed by atoms with E-state index in [4.69, 9.17) is 9.47 Å². The average molecular weight is 315 g/mol. The zero-order chi connectivity index (χ0) is 16.4. The fourth-order valence-electron chi connectivity index (χ4n) is 2.53. The van der Waals surface area contributed by atoms with E-state index in [0.29, 0.717) is 6.54 Å². The summed E-state index contributed by atoms with van der Waals surface area (Å²) in [5.41, 5.74) is 1.10. The van der Waals surface area contributed by atoms with Gasteiger partial charge in [0.25, 0.3) is 5.91 Å². The molecular weight excluding hydrogens is 298 g/mol. The van der Waals surface area contributed by atoms with E-state index >= 15 is 0 Å². The van der Waals surface area contributed by atoms with Gasteiger partial charge in [-0.15, -0.1) is 0 Å². The standard InChI is InChI=1S/C16H17N3O4/c1-3-23-16(21)13-9-19-8-12(18-15(20)14(19)17-13)10-4-6-11(22-2)7-5-10/h4-7,9,12H,3,8H2,1-2H3,(H,18,20). The molecule has 3 rings (SSSR count). The molecule has 0 radical (unpaired) electrons. The number of nitrogens with one attached hydrogen (secondary N) is 1. The number of ether oxygens (including phenoxy) is 2. The van der Waals surface area contributed by atoms with E-state index in [1.54, 1.807) is 24.8 Å². The molecule has 1 aliphatic heterocycles. The van der Waals surface area contributed by atoms with Crippen LogP contribution in [0.2, 0.25) is 0 Å². The minimum absolute atomic E-state index is 0.146. The van der Waals surface area contributed by atoms with Gasteiger partial charge in [0.15, 0.2) is 11.5 Å². The number of aromatic nitrogens is 2. The highest BCUT2D eigenvalue weighted by Crippen LogP contribution is 2.23. The topological polar surface area (TPSA) is 82.5 Å². The number of amides is 1. The van der Waals surface area contributed by atoms with Crippen molar-refractivity contribution in [3.05, 3.63) is 47.5 Å². The van der Waals surface area contributed by atoms with E-state index in [0.717, 1.165) is 11.3 Å². The van der Waals surface area contributed by atoms with Crippen LogP contribution in [0.5, 0.6) is 5.75 Å². The van der Waals surface area contributed by atoms with E-state index < -0.39 is 5.97 Å². The van der Waals surface area contributed by atoms with E-state index in [1.807, 2.05) is 24.3 Å². The van der Waals surface area contributed by atoms with Crippen molar-refractivity contribution in [3.63, 3.8) is 0 Å². The Hall–Kier alpha value is -2.83. The van der Waals surface area contributed by atoms with Gasteiger partial charge in [-0.05, 0) is 24.6 Å². The number of imidazole rings is 1. The molecule has 2 aromatic rings. The van der Waals surface area contributed by atoms with Crippen molar-refractivity contribution in [2.75, 3.05) is 13.7 Å². The van der Waals surface area contributed by atoms with Crippen LogP contribution in [0, 0.1) is 0 Å². The number of nitrogens with zero attached hydrogens (tertiary/aromatic N) is 2. The first kappa shape index (κ1) is 15.1. The molecule has 0 bridgehead atoms. The molecule has 7 nitrogen and oxygen atoms in total. The molecule has 120 valence electrons. The molecular formula is C16H17N3O4. The third-order valence-corrected chi connectivity index (χ3v) is 3.67. The SMILES string of the molecule is CCOC(=O)c1cn2c(n1)C(=O)NC(c1ccc(OC)cc1)C2. The summed E-state index contributed by atoms with van der Waals surface area (Å²) in [5.74, 6) is 0.137. The van der Waals surface area contributed by atoms with E-state index in [1.165, 1.54) is 0 Å². The van der Waals surface area contributed by atoms with Crippen molar-refractivity contribution in [1.82, 2.24) is 14.9 Å². The Morgan fingerprint density at radius 3 is 2.78 bits per heavy atom. The summed E-state index contributed by atoms with van der Waals surface area (Å²) in [7, 11) is 1.60. The summed E-state index contributed by atoms with van der Waals surface area (Å²) in [6, 6.07) is 7.30. The van der Waals surface area contributed by atoms with Gasteiger partial charge in [0, 0.05) is 12.7 Å². The maximum atomic E-state index is 12.2. The molecule has 1 aromatic heterocycles. The van der Waals surface area contributed by atoms with Crippen LogP contribution in [0.4, 0.5) is 0 Å². The van der Waals surface area contributed by atoms with Gasteiger partial charge in [-0.3, -0.25) is 4.79 Å². The van der Waals surface area contributed by atoms with Gasteiger partial charge < -0.3 is 19.4 Å². The Morgan fingerprint density at radius 1 is 1.39 bits per heavy atom. The fourth-order valence-corrected chi connectivity index (χ4v) is 2.53. The monoisotopic (exact) mass is 315 g/mol. The quantitative estimate of drug-likeness (QED) is 0.866. The highest BCUT2D eigenvalue weighted by molar-refractivity contribution is 5.94. The molecule has 1 aromatic carbocycles. The molecule has 1 unspecified atom stereocenters. The number of fused-ring (bicyclic) bond motifs is 1. The highest BCUT2D eigenvalue weighted by Gasteiger charge is 2.29. The molecule has 0 spiro atoms. The van der Waals surface area contributed by atoms with Gasteiger partial charge in [0.2, 0.25) is 0 Å². The number of hydrogen-bond donors (Lipinski definition) is 1. The first-order valence-electron chi connectivity index (χ1n) is 7.31. The Labute approximate surface area is 133 Å². The number of esters is 1.